The first-order valence-corrected chi connectivity index (χ1v) is 11.5. The van der Waals surface area contributed by atoms with Gasteiger partial charge in [0, 0.05) is 37.6 Å². The number of aromatic hydroxyl groups is 1. The number of amides is 1. The van der Waals surface area contributed by atoms with Crippen LogP contribution in [0.1, 0.15) is 15.2 Å². The summed E-state index contributed by atoms with van der Waals surface area (Å²) in [6, 6.07) is 17.7. The number of piperazine rings is 1. The number of rotatable bonds is 6. The van der Waals surface area contributed by atoms with Crippen molar-refractivity contribution in [3.8, 4) is 16.9 Å². The highest BCUT2D eigenvalue weighted by molar-refractivity contribution is 7.16. The molecular formula is C24H23ClN2O4S. The van der Waals surface area contributed by atoms with E-state index in [1.165, 1.54) is 4.88 Å². The van der Waals surface area contributed by atoms with Crippen molar-refractivity contribution in [2.45, 2.75) is 6.54 Å². The molecular weight excluding hydrogens is 448 g/mol. The maximum atomic E-state index is 12.5. The van der Waals surface area contributed by atoms with E-state index >= 15 is 0 Å². The van der Waals surface area contributed by atoms with E-state index in [0.717, 1.165) is 35.1 Å². The molecule has 1 aromatic heterocycles. The van der Waals surface area contributed by atoms with Crippen molar-refractivity contribution in [3.05, 3.63) is 75.4 Å². The lowest BCUT2D eigenvalue weighted by Crippen LogP contribution is -2.49. The third-order valence-electron chi connectivity index (χ3n) is 5.38. The Morgan fingerprint density at radius 2 is 1.53 bits per heavy atom. The van der Waals surface area contributed by atoms with Gasteiger partial charge in [0.1, 0.15) is 5.75 Å². The fourth-order valence-corrected chi connectivity index (χ4v) is 4.70. The van der Waals surface area contributed by atoms with Crippen molar-refractivity contribution >= 4 is 34.8 Å². The lowest BCUT2D eigenvalue weighted by Gasteiger charge is -2.34. The predicted octanol–water partition coefficient (Wildman–Crippen LogP) is 4.28. The van der Waals surface area contributed by atoms with Crippen LogP contribution in [0.2, 0.25) is 4.34 Å². The van der Waals surface area contributed by atoms with Crippen LogP contribution < -0.4 is 0 Å². The van der Waals surface area contributed by atoms with Gasteiger partial charge in [-0.3, -0.25) is 9.69 Å². The maximum absolute atomic E-state index is 12.5. The summed E-state index contributed by atoms with van der Waals surface area (Å²) in [6.45, 7) is 3.32. The van der Waals surface area contributed by atoms with E-state index in [9.17, 15) is 14.7 Å². The topological polar surface area (TPSA) is 70.1 Å². The molecule has 2 heterocycles. The standard InChI is InChI=1S/C24H23ClN2O4S/c25-22-10-9-21(32-22)15-26-11-13-27(14-12-26)23(29)16-31-24(30)19-3-1-17(2-4-19)18-5-7-20(28)8-6-18/h1-10,28H,11-16H2. The number of nitrogens with zero attached hydrogens (tertiary/aromatic N) is 2. The molecule has 1 aliphatic rings. The van der Waals surface area contributed by atoms with Gasteiger partial charge in [0.05, 0.1) is 9.90 Å². The Hall–Kier alpha value is -2.87. The SMILES string of the molecule is O=C(OCC(=O)N1CCN(Cc2ccc(Cl)s2)CC1)c1ccc(-c2ccc(O)cc2)cc1. The van der Waals surface area contributed by atoms with E-state index in [1.54, 1.807) is 52.6 Å². The molecule has 166 valence electrons. The number of thiophene rings is 1. The van der Waals surface area contributed by atoms with Gasteiger partial charge in [-0.1, -0.05) is 35.9 Å². The Labute approximate surface area is 195 Å². The molecule has 0 saturated carbocycles. The summed E-state index contributed by atoms with van der Waals surface area (Å²) in [5, 5.41) is 9.39. The molecule has 0 radical (unpaired) electrons. The van der Waals surface area contributed by atoms with Gasteiger partial charge in [0.15, 0.2) is 6.61 Å². The summed E-state index contributed by atoms with van der Waals surface area (Å²) >= 11 is 7.56. The number of halogens is 1. The highest BCUT2D eigenvalue weighted by Crippen LogP contribution is 2.24. The summed E-state index contributed by atoms with van der Waals surface area (Å²) in [5.41, 5.74) is 2.24. The Balaban J connectivity index is 1.23. The first-order chi connectivity index (χ1) is 15.5. The van der Waals surface area contributed by atoms with Gasteiger partial charge < -0.3 is 14.7 Å². The second kappa shape index (κ2) is 10.2. The van der Waals surface area contributed by atoms with Gasteiger partial charge in [-0.25, -0.2) is 4.79 Å². The van der Waals surface area contributed by atoms with Crippen molar-refractivity contribution in [1.29, 1.82) is 0 Å². The third kappa shape index (κ3) is 5.68. The molecule has 0 unspecified atom stereocenters. The second-order valence-electron chi connectivity index (χ2n) is 7.56. The zero-order valence-corrected chi connectivity index (χ0v) is 18.9. The third-order valence-corrected chi connectivity index (χ3v) is 6.60. The molecule has 0 bridgehead atoms. The van der Waals surface area contributed by atoms with Gasteiger partial charge in [-0.2, -0.15) is 0 Å². The Morgan fingerprint density at radius 1 is 0.906 bits per heavy atom. The number of carbonyl (C=O) groups is 2. The zero-order valence-electron chi connectivity index (χ0n) is 17.4. The zero-order chi connectivity index (χ0) is 22.5. The average molecular weight is 471 g/mol. The number of benzene rings is 2. The van der Waals surface area contributed by atoms with Crippen molar-refractivity contribution in [1.82, 2.24) is 9.80 Å². The van der Waals surface area contributed by atoms with Crippen LogP contribution in [0, 0.1) is 0 Å². The Kier molecular flexibility index (Phi) is 7.09. The van der Waals surface area contributed by atoms with Gasteiger partial charge in [0.25, 0.3) is 5.91 Å². The molecule has 1 N–H and O–H groups in total. The van der Waals surface area contributed by atoms with Gasteiger partial charge >= 0.3 is 5.97 Å². The van der Waals surface area contributed by atoms with Crippen LogP contribution >= 0.6 is 22.9 Å². The maximum Gasteiger partial charge on any atom is 0.338 e. The molecule has 32 heavy (non-hydrogen) atoms. The number of esters is 1. The summed E-state index contributed by atoms with van der Waals surface area (Å²) in [6.07, 6.45) is 0. The molecule has 0 atom stereocenters. The normalized spacial score (nSPS) is 14.3. The summed E-state index contributed by atoms with van der Waals surface area (Å²) < 4.78 is 6.02. The van der Waals surface area contributed by atoms with Gasteiger partial charge in [0.2, 0.25) is 0 Å². The fraction of sp³-hybridized carbons (Fsp3) is 0.250. The lowest BCUT2D eigenvalue weighted by atomic mass is 10.0. The van der Waals surface area contributed by atoms with E-state index in [0.29, 0.717) is 18.7 Å². The Bertz CT molecular complexity index is 1070. The van der Waals surface area contributed by atoms with Crippen molar-refractivity contribution in [2.75, 3.05) is 32.8 Å². The lowest BCUT2D eigenvalue weighted by molar-refractivity contribution is -0.136. The number of hydrogen-bond donors (Lipinski definition) is 1. The van der Waals surface area contributed by atoms with Crippen LogP contribution in [-0.2, 0) is 16.1 Å². The summed E-state index contributed by atoms with van der Waals surface area (Å²) in [7, 11) is 0. The second-order valence-corrected chi connectivity index (χ2v) is 9.36. The number of carbonyl (C=O) groups excluding carboxylic acids is 2. The number of phenolic OH excluding ortho intramolecular Hbond substituents is 1. The van der Waals surface area contributed by atoms with Crippen LogP contribution in [0.4, 0.5) is 0 Å². The molecule has 1 aliphatic heterocycles. The largest absolute Gasteiger partial charge is 0.508 e. The highest BCUT2D eigenvalue weighted by atomic mass is 35.5. The molecule has 2 aromatic carbocycles. The number of phenols is 1. The van der Waals surface area contributed by atoms with E-state index in [4.69, 9.17) is 16.3 Å². The van der Waals surface area contributed by atoms with Crippen LogP contribution in [0.5, 0.6) is 5.75 Å². The minimum Gasteiger partial charge on any atom is -0.508 e. The molecule has 6 nitrogen and oxygen atoms in total. The van der Waals surface area contributed by atoms with Crippen LogP contribution in [0.25, 0.3) is 11.1 Å². The molecule has 4 rings (SSSR count). The van der Waals surface area contributed by atoms with E-state index < -0.39 is 5.97 Å². The average Bonchev–Trinajstić information content (AvgIpc) is 3.23. The van der Waals surface area contributed by atoms with Gasteiger partial charge in [-0.15, -0.1) is 11.3 Å². The van der Waals surface area contributed by atoms with Crippen molar-refractivity contribution < 1.29 is 19.4 Å². The molecule has 8 heteroatoms. The number of ether oxygens (including phenoxy) is 1. The molecule has 1 amide bonds. The Morgan fingerprint density at radius 3 is 2.12 bits per heavy atom. The van der Waals surface area contributed by atoms with Crippen molar-refractivity contribution in [2.24, 2.45) is 0 Å². The van der Waals surface area contributed by atoms with Crippen LogP contribution in [-0.4, -0.2) is 59.6 Å². The van der Waals surface area contributed by atoms with E-state index in [1.807, 2.05) is 24.3 Å². The van der Waals surface area contributed by atoms with Gasteiger partial charge in [-0.05, 0) is 47.5 Å². The molecule has 3 aromatic rings. The predicted molar refractivity (Wildman–Crippen MR) is 125 cm³/mol. The monoisotopic (exact) mass is 470 g/mol. The minimum atomic E-state index is -0.524. The molecule has 1 fully saturated rings. The summed E-state index contributed by atoms with van der Waals surface area (Å²) in [4.78, 5) is 30.0. The van der Waals surface area contributed by atoms with E-state index in [2.05, 4.69) is 4.90 Å². The van der Waals surface area contributed by atoms with Crippen molar-refractivity contribution in [3.63, 3.8) is 0 Å². The van der Waals surface area contributed by atoms with Crippen LogP contribution in [0.3, 0.4) is 0 Å². The first kappa shape index (κ1) is 22.3. The smallest absolute Gasteiger partial charge is 0.338 e. The molecule has 0 spiro atoms. The summed E-state index contributed by atoms with van der Waals surface area (Å²) in [5.74, 6) is -0.505. The molecule has 1 saturated heterocycles. The van der Waals surface area contributed by atoms with E-state index in [-0.39, 0.29) is 18.3 Å². The fourth-order valence-electron chi connectivity index (χ4n) is 3.57. The molecule has 0 aliphatic carbocycles. The highest BCUT2D eigenvalue weighted by Gasteiger charge is 2.22. The number of hydrogen-bond acceptors (Lipinski definition) is 6. The quantitative estimate of drug-likeness (QED) is 0.545. The van der Waals surface area contributed by atoms with Crippen LogP contribution in [0.15, 0.2) is 60.7 Å². The minimum absolute atomic E-state index is 0.183. The first-order valence-electron chi connectivity index (χ1n) is 10.3.